The molecule has 0 spiro atoms. The fourth-order valence-corrected chi connectivity index (χ4v) is 2.49. The van der Waals surface area contributed by atoms with Crippen LogP contribution < -0.4 is 0 Å². The van der Waals surface area contributed by atoms with Crippen molar-refractivity contribution in [3.63, 3.8) is 0 Å². The van der Waals surface area contributed by atoms with Gasteiger partial charge < -0.3 is 4.74 Å². The first-order valence-corrected chi connectivity index (χ1v) is 6.57. The van der Waals surface area contributed by atoms with Crippen LogP contribution in [0.15, 0.2) is 35.2 Å². The van der Waals surface area contributed by atoms with E-state index < -0.39 is 10.8 Å². The van der Waals surface area contributed by atoms with Crippen molar-refractivity contribution < 1.29 is 13.7 Å². The van der Waals surface area contributed by atoms with Crippen LogP contribution in [-0.4, -0.2) is 22.5 Å². The molecule has 0 saturated carbocycles. The van der Waals surface area contributed by atoms with E-state index in [0.29, 0.717) is 12.4 Å². The summed E-state index contributed by atoms with van der Waals surface area (Å²) in [5.74, 6) is -0.309. The second kappa shape index (κ2) is 6.43. The van der Waals surface area contributed by atoms with Crippen molar-refractivity contribution in [1.82, 2.24) is 0 Å². The SMILES string of the molecule is CCOC(=O)C(C)CS(=O)c1ccccc1. The van der Waals surface area contributed by atoms with Gasteiger partial charge in [0.1, 0.15) is 0 Å². The number of carbonyl (C=O) groups is 1. The van der Waals surface area contributed by atoms with Gasteiger partial charge >= 0.3 is 5.97 Å². The van der Waals surface area contributed by atoms with E-state index >= 15 is 0 Å². The molecule has 88 valence electrons. The Hall–Kier alpha value is -1.16. The van der Waals surface area contributed by atoms with Gasteiger partial charge in [0.05, 0.1) is 23.3 Å². The minimum absolute atomic E-state index is 0.285. The molecule has 2 unspecified atom stereocenters. The predicted octanol–water partition coefficient (Wildman–Crippen LogP) is 1.99. The van der Waals surface area contributed by atoms with Crippen LogP contribution in [0, 0.1) is 5.92 Å². The molecule has 2 atom stereocenters. The molecule has 0 radical (unpaired) electrons. The van der Waals surface area contributed by atoms with Crippen molar-refractivity contribution in [1.29, 1.82) is 0 Å². The van der Waals surface area contributed by atoms with E-state index in [0.717, 1.165) is 4.90 Å². The molecule has 0 fully saturated rings. The molecule has 4 heteroatoms. The average molecular weight is 240 g/mol. The predicted molar refractivity (Wildman–Crippen MR) is 63.5 cm³/mol. The second-order valence-electron chi connectivity index (χ2n) is 3.48. The Bertz CT molecular complexity index is 362. The second-order valence-corrected chi connectivity index (χ2v) is 4.97. The maximum atomic E-state index is 11.9. The Labute approximate surface area is 98.3 Å². The summed E-state index contributed by atoms with van der Waals surface area (Å²) in [5.41, 5.74) is 0. The number of benzene rings is 1. The number of hydrogen-bond donors (Lipinski definition) is 0. The van der Waals surface area contributed by atoms with Gasteiger partial charge in [-0.05, 0) is 19.1 Å². The molecule has 3 nitrogen and oxygen atoms in total. The van der Waals surface area contributed by atoms with E-state index in [4.69, 9.17) is 4.74 Å². The highest BCUT2D eigenvalue weighted by atomic mass is 32.2. The van der Waals surface area contributed by atoms with Crippen LogP contribution in [0.5, 0.6) is 0 Å². The van der Waals surface area contributed by atoms with Crippen molar-refractivity contribution in [2.75, 3.05) is 12.4 Å². The zero-order valence-corrected chi connectivity index (χ0v) is 10.3. The molecule has 0 aliphatic rings. The molecule has 1 aromatic rings. The first-order chi connectivity index (χ1) is 7.65. The lowest BCUT2D eigenvalue weighted by molar-refractivity contribution is -0.146. The lowest BCUT2D eigenvalue weighted by atomic mass is 10.2. The summed E-state index contributed by atoms with van der Waals surface area (Å²) in [4.78, 5) is 12.1. The van der Waals surface area contributed by atoms with Gasteiger partial charge in [0.15, 0.2) is 0 Å². The van der Waals surface area contributed by atoms with Gasteiger partial charge in [-0.2, -0.15) is 0 Å². The highest BCUT2D eigenvalue weighted by Gasteiger charge is 2.17. The maximum absolute atomic E-state index is 11.9. The highest BCUT2D eigenvalue weighted by Crippen LogP contribution is 2.10. The fourth-order valence-electron chi connectivity index (χ4n) is 1.25. The van der Waals surface area contributed by atoms with Crippen LogP contribution in [-0.2, 0) is 20.3 Å². The molecule has 16 heavy (non-hydrogen) atoms. The Kier molecular flexibility index (Phi) is 5.19. The van der Waals surface area contributed by atoms with Gasteiger partial charge in [0, 0.05) is 10.6 Å². The van der Waals surface area contributed by atoms with Gasteiger partial charge in [-0.3, -0.25) is 9.00 Å². The third-order valence-corrected chi connectivity index (χ3v) is 3.70. The first-order valence-electron chi connectivity index (χ1n) is 5.25. The largest absolute Gasteiger partial charge is 0.466 e. The molecule has 0 saturated heterocycles. The van der Waals surface area contributed by atoms with E-state index in [1.54, 1.807) is 26.0 Å². The summed E-state index contributed by atoms with van der Waals surface area (Å²) < 4.78 is 16.7. The minimum atomic E-state index is -1.14. The standard InChI is InChI=1S/C12H16O3S/c1-3-15-12(13)10(2)9-16(14)11-7-5-4-6-8-11/h4-8,10H,3,9H2,1-2H3. The van der Waals surface area contributed by atoms with Crippen molar-refractivity contribution >= 4 is 16.8 Å². The normalized spacial score (nSPS) is 14.1. The van der Waals surface area contributed by atoms with E-state index in [9.17, 15) is 9.00 Å². The van der Waals surface area contributed by atoms with Gasteiger partial charge in [0.25, 0.3) is 0 Å². The van der Waals surface area contributed by atoms with Crippen LogP contribution in [0.1, 0.15) is 13.8 Å². The quantitative estimate of drug-likeness (QED) is 0.739. The zero-order chi connectivity index (χ0) is 12.0. The highest BCUT2D eigenvalue weighted by molar-refractivity contribution is 7.85. The van der Waals surface area contributed by atoms with E-state index in [1.807, 2.05) is 18.2 Å². The number of rotatable bonds is 5. The number of carbonyl (C=O) groups excluding carboxylic acids is 1. The van der Waals surface area contributed by atoms with Gasteiger partial charge in [0.2, 0.25) is 0 Å². The third-order valence-electron chi connectivity index (χ3n) is 2.10. The van der Waals surface area contributed by atoms with Crippen molar-refractivity contribution in [3.8, 4) is 0 Å². The number of esters is 1. The average Bonchev–Trinajstić information content (AvgIpc) is 2.30. The molecular formula is C12H16O3S. The summed E-state index contributed by atoms with van der Waals surface area (Å²) in [6.45, 7) is 3.86. The molecule has 1 rings (SSSR count). The lowest BCUT2D eigenvalue weighted by Crippen LogP contribution is -2.20. The Morgan fingerprint density at radius 1 is 1.38 bits per heavy atom. The molecular weight excluding hydrogens is 224 g/mol. The summed E-state index contributed by atoms with van der Waals surface area (Å²) in [7, 11) is -1.14. The topological polar surface area (TPSA) is 43.4 Å². The Morgan fingerprint density at radius 2 is 2.00 bits per heavy atom. The van der Waals surface area contributed by atoms with Crippen LogP contribution in [0.25, 0.3) is 0 Å². The fraction of sp³-hybridized carbons (Fsp3) is 0.417. The van der Waals surface area contributed by atoms with Gasteiger partial charge in [-0.25, -0.2) is 0 Å². The molecule has 0 bridgehead atoms. The molecule has 1 aromatic carbocycles. The minimum Gasteiger partial charge on any atom is -0.466 e. The van der Waals surface area contributed by atoms with E-state index in [2.05, 4.69) is 0 Å². The molecule has 0 aliphatic heterocycles. The van der Waals surface area contributed by atoms with Crippen molar-refractivity contribution in [2.45, 2.75) is 18.7 Å². The number of hydrogen-bond acceptors (Lipinski definition) is 3. The van der Waals surface area contributed by atoms with Crippen LogP contribution >= 0.6 is 0 Å². The molecule has 0 heterocycles. The maximum Gasteiger partial charge on any atom is 0.309 e. The molecule has 0 amide bonds. The third kappa shape index (κ3) is 3.77. The first kappa shape index (κ1) is 12.9. The zero-order valence-electron chi connectivity index (χ0n) is 9.51. The Balaban J connectivity index is 2.55. The van der Waals surface area contributed by atoms with Crippen LogP contribution in [0.2, 0.25) is 0 Å². The van der Waals surface area contributed by atoms with Gasteiger partial charge in [-0.1, -0.05) is 25.1 Å². The van der Waals surface area contributed by atoms with Gasteiger partial charge in [-0.15, -0.1) is 0 Å². The summed E-state index contributed by atoms with van der Waals surface area (Å²) in [6, 6.07) is 9.14. The van der Waals surface area contributed by atoms with Crippen molar-refractivity contribution in [2.24, 2.45) is 5.92 Å². The van der Waals surface area contributed by atoms with Crippen molar-refractivity contribution in [3.05, 3.63) is 30.3 Å². The summed E-state index contributed by atoms with van der Waals surface area (Å²) in [5, 5.41) is 0. The molecule has 0 N–H and O–H groups in total. The van der Waals surface area contributed by atoms with Crippen LogP contribution in [0.3, 0.4) is 0 Å². The monoisotopic (exact) mass is 240 g/mol. The Morgan fingerprint density at radius 3 is 2.56 bits per heavy atom. The summed E-state index contributed by atoms with van der Waals surface area (Å²) >= 11 is 0. The smallest absolute Gasteiger partial charge is 0.309 e. The molecule has 0 aromatic heterocycles. The van der Waals surface area contributed by atoms with E-state index in [-0.39, 0.29) is 11.9 Å². The van der Waals surface area contributed by atoms with Crippen LogP contribution in [0.4, 0.5) is 0 Å². The van der Waals surface area contributed by atoms with E-state index in [1.165, 1.54) is 0 Å². The number of ether oxygens (including phenoxy) is 1. The molecule has 0 aliphatic carbocycles. The lowest BCUT2D eigenvalue weighted by Gasteiger charge is -2.09. The summed E-state index contributed by atoms with van der Waals surface area (Å²) in [6.07, 6.45) is 0.